The van der Waals surface area contributed by atoms with Crippen molar-refractivity contribution >= 4 is 32.7 Å². The third-order valence-electron chi connectivity index (χ3n) is 5.34. The van der Waals surface area contributed by atoms with Crippen LogP contribution in [0.2, 0.25) is 0 Å². The topological polar surface area (TPSA) is 103 Å². The predicted octanol–water partition coefficient (Wildman–Crippen LogP) is 2.48. The molecule has 32 heavy (non-hydrogen) atoms. The van der Waals surface area contributed by atoms with Crippen LogP contribution in [0, 0.1) is 11.3 Å². The van der Waals surface area contributed by atoms with Crippen molar-refractivity contribution in [1.82, 2.24) is 10.2 Å². The summed E-state index contributed by atoms with van der Waals surface area (Å²) in [6, 6.07) is 20.9. The SMILES string of the molecule is N#C/C(=C\N=C1S[C@H]2CS(=O)(=O)C[C@@H]2N1Cc1ccccc1)C(=O)NCc1ccccc1. The van der Waals surface area contributed by atoms with Gasteiger partial charge in [-0.15, -0.1) is 0 Å². The molecule has 2 atom stereocenters. The summed E-state index contributed by atoms with van der Waals surface area (Å²) in [6.45, 7) is 0.825. The molecule has 9 heteroatoms. The van der Waals surface area contributed by atoms with Gasteiger partial charge in [-0.3, -0.25) is 4.79 Å². The molecular formula is C23H22N4O3S2. The number of nitrogens with zero attached hydrogens (tertiary/aromatic N) is 3. The molecule has 0 unspecified atom stereocenters. The number of hydrogen-bond acceptors (Lipinski definition) is 6. The number of sulfone groups is 1. The number of amides is 1. The number of carbonyl (C=O) groups is 1. The number of fused-ring (bicyclic) bond motifs is 1. The average Bonchev–Trinajstić information content (AvgIpc) is 3.26. The normalized spacial score (nSPS) is 23.0. The number of rotatable bonds is 6. The molecule has 2 aliphatic heterocycles. The molecule has 4 rings (SSSR count). The fraction of sp³-hybridized carbons (Fsp3) is 0.261. The van der Waals surface area contributed by atoms with Crippen LogP contribution in [0.3, 0.4) is 0 Å². The Bertz CT molecular complexity index is 1190. The summed E-state index contributed by atoms with van der Waals surface area (Å²) < 4.78 is 24.3. The van der Waals surface area contributed by atoms with Gasteiger partial charge in [-0.05, 0) is 11.1 Å². The van der Waals surface area contributed by atoms with E-state index in [9.17, 15) is 18.5 Å². The second kappa shape index (κ2) is 9.59. The van der Waals surface area contributed by atoms with Crippen LogP contribution in [0.5, 0.6) is 0 Å². The molecule has 2 saturated heterocycles. The molecule has 164 valence electrons. The highest BCUT2D eigenvalue weighted by Crippen LogP contribution is 2.39. The summed E-state index contributed by atoms with van der Waals surface area (Å²) in [4.78, 5) is 18.9. The number of carbonyl (C=O) groups excluding carboxylic acids is 1. The molecule has 1 N–H and O–H groups in total. The lowest BCUT2D eigenvalue weighted by molar-refractivity contribution is -0.117. The van der Waals surface area contributed by atoms with Gasteiger partial charge in [-0.25, -0.2) is 13.4 Å². The second-order valence-corrected chi connectivity index (χ2v) is 11.0. The summed E-state index contributed by atoms with van der Waals surface area (Å²) >= 11 is 1.40. The first kappa shape index (κ1) is 22.1. The van der Waals surface area contributed by atoms with Gasteiger partial charge < -0.3 is 10.2 Å². The van der Waals surface area contributed by atoms with Gasteiger partial charge >= 0.3 is 0 Å². The van der Waals surface area contributed by atoms with E-state index in [1.807, 2.05) is 71.6 Å². The molecule has 2 fully saturated rings. The zero-order valence-electron chi connectivity index (χ0n) is 17.2. The minimum absolute atomic E-state index is 0.0862. The van der Waals surface area contributed by atoms with Crippen LogP contribution in [-0.4, -0.2) is 47.2 Å². The highest BCUT2D eigenvalue weighted by atomic mass is 32.2. The first-order valence-corrected chi connectivity index (χ1v) is 12.8. The van der Waals surface area contributed by atoms with Crippen molar-refractivity contribution < 1.29 is 13.2 Å². The van der Waals surface area contributed by atoms with Crippen molar-refractivity contribution in [2.45, 2.75) is 24.4 Å². The average molecular weight is 467 g/mol. The molecule has 2 aromatic rings. The van der Waals surface area contributed by atoms with E-state index in [0.717, 1.165) is 11.1 Å². The Kier molecular flexibility index (Phi) is 6.63. The fourth-order valence-corrected chi connectivity index (χ4v) is 7.67. The number of benzene rings is 2. The van der Waals surface area contributed by atoms with Crippen LogP contribution in [0.15, 0.2) is 77.4 Å². The van der Waals surface area contributed by atoms with Crippen LogP contribution < -0.4 is 5.32 Å². The van der Waals surface area contributed by atoms with Crippen LogP contribution in [0.4, 0.5) is 0 Å². The Balaban J connectivity index is 1.52. The number of nitriles is 1. The highest BCUT2D eigenvalue weighted by molar-refractivity contribution is 8.15. The number of aliphatic imine (C=N–C) groups is 1. The highest BCUT2D eigenvalue weighted by Gasteiger charge is 2.48. The lowest BCUT2D eigenvalue weighted by Crippen LogP contribution is -2.36. The van der Waals surface area contributed by atoms with Gasteiger partial charge in [0, 0.05) is 18.3 Å². The summed E-state index contributed by atoms with van der Waals surface area (Å²) in [5.41, 5.74) is 1.87. The Morgan fingerprint density at radius 2 is 1.78 bits per heavy atom. The van der Waals surface area contributed by atoms with Crippen molar-refractivity contribution in [3.05, 3.63) is 83.6 Å². The molecule has 0 aromatic heterocycles. The van der Waals surface area contributed by atoms with E-state index in [1.165, 1.54) is 18.0 Å². The van der Waals surface area contributed by atoms with Crippen LogP contribution in [-0.2, 0) is 27.7 Å². The van der Waals surface area contributed by atoms with Crippen molar-refractivity contribution in [1.29, 1.82) is 5.26 Å². The Hall–Kier alpha value is -3.09. The Labute approximate surface area is 191 Å². The van der Waals surface area contributed by atoms with E-state index in [2.05, 4.69) is 10.3 Å². The molecule has 2 aliphatic rings. The smallest absolute Gasteiger partial charge is 0.263 e. The lowest BCUT2D eigenvalue weighted by atomic mass is 10.1. The summed E-state index contributed by atoms with van der Waals surface area (Å²) in [6.07, 6.45) is 1.27. The van der Waals surface area contributed by atoms with Crippen molar-refractivity contribution in [2.24, 2.45) is 4.99 Å². The van der Waals surface area contributed by atoms with Gasteiger partial charge in [0.25, 0.3) is 5.91 Å². The first-order valence-electron chi connectivity index (χ1n) is 10.1. The maximum Gasteiger partial charge on any atom is 0.263 e. The molecule has 7 nitrogen and oxygen atoms in total. The lowest BCUT2D eigenvalue weighted by Gasteiger charge is -2.24. The van der Waals surface area contributed by atoms with Crippen molar-refractivity contribution in [3.63, 3.8) is 0 Å². The zero-order chi connectivity index (χ0) is 22.6. The maximum absolute atomic E-state index is 12.4. The third kappa shape index (κ3) is 5.21. The zero-order valence-corrected chi connectivity index (χ0v) is 18.8. The van der Waals surface area contributed by atoms with Gasteiger partial charge in [0.1, 0.15) is 11.6 Å². The quantitative estimate of drug-likeness (QED) is 0.518. The molecule has 0 saturated carbocycles. The Morgan fingerprint density at radius 1 is 1.12 bits per heavy atom. The van der Waals surface area contributed by atoms with E-state index < -0.39 is 15.7 Å². The first-order chi connectivity index (χ1) is 15.4. The van der Waals surface area contributed by atoms with Crippen LogP contribution in [0.1, 0.15) is 11.1 Å². The molecule has 0 spiro atoms. The van der Waals surface area contributed by atoms with Gasteiger partial charge in [0.05, 0.1) is 23.7 Å². The van der Waals surface area contributed by atoms with Crippen molar-refractivity contribution in [3.8, 4) is 6.07 Å². The molecule has 1 amide bonds. The van der Waals surface area contributed by atoms with Crippen molar-refractivity contribution in [2.75, 3.05) is 11.5 Å². The predicted molar refractivity (Wildman–Crippen MR) is 125 cm³/mol. The van der Waals surface area contributed by atoms with Crippen LogP contribution in [0.25, 0.3) is 0 Å². The maximum atomic E-state index is 12.4. The largest absolute Gasteiger partial charge is 0.347 e. The van der Waals surface area contributed by atoms with Gasteiger partial charge in [-0.2, -0.15) is 5.26 Å². The number of hydrogen-bond donors (Lipinski definition) is 1. The third-order valence-corrected chi connectivity index (χ3v) is 8.60. The van der Waals surface area contributed by atoms with E-state index in [-0.39, 0.29) is 28.4 Å². The second-order valence-electron chi connectivity index (χ2n) is 7.65. The van der Waals surface area contributed by atoms with Gasteiger partial charge in [0.2, 0.25) is 0 Å². The minimum Gasteiger partial charge on any atom is -0.347 e. The number of nitrogens with one attached hydrogen (secondary N) is 1. The molecular weight excluding hydrogens is 444 g/mol. The van der Waals surface area contributed by atoms with Gasteiger partial charge in [0.15, 0.2) is 15.0 Å². The van der Waals surface area contributed by atoms with Crippen LogP contribution >= 0.6 is 11.8 Å². The molecule has 2 aromatic carbocycles. The molecule has 0 radical (unpaired) electrons. The van der Waals surface area contributed by atoms with E-state index >= 15 is 0 Å². The van der Waals surface area contributed by atoms with E-state index in [1.54, 1.807) is 0 Å². The number of thioether (sulfide) groups is 1. The standard InChI is InChI=1S/C23H22N4O3S2/c24-11-19(22(28)25-12-17-7-3-1-4-8-17)13-26-23-27(14-18-9-5-2-6-10-18)20-15-32(29,30)16-21(20)31-23/h1-10,13,20-21H,12,14-16H2,(H,25,28)/b19-13+,26-23?/t20-,21-/m0/s1. The summed E-state index contributed by atoms with van der Waals surface area (Å²) in [5, 5.41) is 12.7. The van der Waals surface area contributed by atoms with E-state index in [0.29, 0.717) is 18.3 Å². The minimum atomic E-state index is -3.09. The molecule has 0 aliphatic carbocycles. The number of amidine groups is 1. The molecule has 0 bridgehead atoms. The Morgan fingerprint density at radius 3 is 2.44 bits per heavy atom. The summed E-state index contributed by atoms with van der Waals surface area (Å²) in [7, 11) is -3.09. The fourth-order valence-electron chi connectivity index (χ4n) is 3.75. The van der Waals surface area contributed by atoms with Gasteiger partial charge in [-0.1, -0.05) is 72.4 Å². The monoisotopic (exact) mass is 466 g/mol. The van der Waals surface area contributed by atoms with E-state index in [4.69, 9.17) is 0 Å². The molecule has 2 heterocycles. The summed E-state index contributed by atoms with van der Waals surface area (Å²) in [5.74, 6) is -0.303.